The standard InChI is InChI=1S/C27H35FN4O4S/c1-16(17-6-8-18(9-7-17)24-31(5)12-13-37-24)29-22(34)20-14-19(33)15-32(20)23(35)21(26(2,3)4)30-25(36)27(28)10-11-27/h6-9,12-13,16,19-21,33H,10-11,14-15H2,1-5H3,(H-,29,30,34,36)/p+1/t16?,19-,20?,21-/m1/s1. The third-order valence-electron chi connectivity index (χ3n) is 7.15. The van der Waals surface area contributed by atoms with Gasteiger partial charge >= 0.3 is 0 Å². The summed E-state index contributed by atoms with van der Waals surface area (Å²) in [6.45, 7) is 7.16. The second kappa shape index (κ2) is 10.1. The van der Waals surface area contributed by atoms with Gasteiger partial charge < -0.3 is 20.6 Å². The third kappa shape index (κ3) is 5.85. The SMILES string of the molecule is CC(NC(=O)C1C[C@@H](O)CN1C(=O)[C@@H](NC(=O)C1(F)CC1)C(C)(C)C)c1ccc(-c2scc[n+]2C)cc1. The number of halogens is 1. The maximum Gasteiger partial charge on any atom is 0.268 e. The summed E-state index contributed by atoms with van der Waals surface area (Å²) in [5.74, 6) is -1.67. The van der Waals surface area contributed by atoms with Crippen molar-refractivity contribution in [2.45, 2.75) is 76.9 Å². The van der Waals surface area contributed by atoms with Crippen LogP contribution in [0.1, 0.15) is 58.6 Å². The van der Waals surface area contributed by atoms with Crippen LogP contribution in [0, 0.1) is 5.41 Å². The van der Waals surface area contributed by atoms with Gasteiger partial charge in [-0.15, -0.1) is 0 Å². The molecule has 1 aromatic heterocycles. The van der Waals surface area contributed by atoms with Crippen molar-refractivity contribution >= 4 is 29.1 Å². The molecule has 3 N–H and O–H groups in total. The topological polar surface area (TPSA) is 103 Å². The molecule has 10 heteroatoms. The number of carbonyl (C=O) groups is 3. The first-order chi connectivity index (χ1) is 17.3. The number of rotatable bonds is 7. The van der Waals surface area contributed by atoms with Crippen molar-refractivity contribution in [1.82, 2.24) is 15.5 Å². The molecular formula is C27H36FN4O4S+. The summed E-state index contributed by atoms with van der Waals surface area (Å²) in [5.41, 5.74) is -0.658. The molecule has 0 bridgehead atoms. The minimum absolute atomic E-state index is 0.0267. The summed E-state index contributed by atoms with van der Waals surface area (Å²) < 4.78 is 16.4. The van der Waals surface area contributed by atoms with Gasteiger partial charge in [-0.05, 0) is 42.9 Å². The van der Waals surface area contributed by atoms with Gasteiger partial charge in [0.15, 0.2) is 11.9 Å². The highest BCUT2D eigenvalue weighted by Gasteiger charge is 2.53. The molecule has 0 radical (unpaired) electrons. The zero-order valence-electron chi connectivity index (χ0n) is 22.0. The molecule has 2 fully saturated rings. The van der Waals surface area contributed by atoms with Gasteiger partial charge in [0.05, 0.1) is 23.1 Å². The summed E-state index contributed by atoms with van der Waals surface area (Å²) in [7, 11) is 1.99. The van der Waals surface area contributed by atoms with Crippen LogP contribution >= 0.6 is 11.3 Å². The van der Waals surface area contributed by atoms with Gasteiger partial charge in [-0.2, -0.15) is 4.57 Å². The van der Waals surface area contributed by atoms with Crippen LogP contribution in [0.2, 0.25) is 0 Å². The lowest BCUT2D eigenvalue weighted by molar-refractivity contribution is -0.655. The van der Waals surface area contributed by atoms with Crippen molar-refractivity contribution in [3.8, 4) is 10.6 Å². The molecule has 1 aromatic carbocycles. The van der Waals surface area contributed by atoms with E-state index < -0.39 is 41.1 Å². The van der Waals surface area contributed by atoms with Crippen LogP contribution in [0.4, 0.5) is 4.39 Å². The van der Waals surface area contributed by atoms with Crippen LogP contribution in [0.3, 0.4) is 0 Å². The molecule has 0 spiro atoms. The molecule has 1 aliphatic carbocycles. The highest BCUT2D eigenvalue weighted by molar-refractivity contribution is 7.12. The minimum atomic E-state index is -1.92. The molecule has 2 unspecified atom stereocenters. The van der Waals surface area contributed by atoms with E-state index in [2.05, 4.69) is 10.6 Å². The zero-order chi connectivity index (χ0) is 27.1. The third-order valence-corrected chi connectivity index (χ3v) is 8.15. The number of carbonyl (C=O) groups excluding carboxylic acids is 3. The van der Waals surface area contributed by atoms with Crippen LogP contribution in [-0.2, 0) is 21.4 Å². The van der Waals surface area contributed by atoms with Crippen molar-refractivity contribution in [2.24, 2.45) is 12.5 Å². The Balaban J connectivity index is 1.46. The quantitative estimate of drug-likeness (QED) is 0.478. The number of nitrogens with one attached hydrogen (secondary N) is 2. The van der Waals surface area contributed by atoms with E-state index in [-0.39, 0.29) is 37.8 Å². The Morgan fingerprint density at radius 1 is 1.19 bits per heavy atom. The van der Waals surface area contributed by atoms with Gasteiger partial charge in [-0.25, -0.2) is 4.39 Å². The molecule has 37 heavy (non-hydrogen) atoms. The van der Waals surface area contributed by atoms with E-state index in [1.54, 1.807) is 32.1 Å². The van der Waals surface area contributed by atoms with Gasteiger partial charge in [-0.1, -0.05) is 44.2 Å². The van der Waals surface area contributed by atoms with Gasteiger partial charge in [-0.3, -0.25) is 14.4 Å². The Morgan fingerprint density at radius 2 is 1.84 bits per heavy atom. The number of hydrogen-bond acceptors (Lipinski definition) is 5. The maximum absolute atomic E-state index is 14.3. The molecule has 3 amide bonds. The van der Waals surface area contributed by atoms with E-state index in [4.69, 9.17) is 0 Å². The lowest BCUT2D eigenvalue weighted by atomic mass is 9.85. The normalized spacial score (nSPS) is 22.3. The van der Waals surface area contributed by atoms with Gasteiger partial charge in [0.25, 0.3) is 10.9 Å². The summed E-state index contributed by atoms with van der Waals surface area (Å²) in [6.07, 6.45) is 1.50. The average molecular weight is 532 g/mol. The van der Waals surface area contributed by atoms with Crippen molar-refractivity contribution < 1.29 is 28.4 Å². The molecule has 1 aliphatic heterocycles. The first-order valence-electron chi connectivity index (χ1n) is 12.6. The number of aliphatic hydroxyl groups is 1. The number of aliphatic hydroxyl groups excluding tert-OH is 1. The monoisotopic (exact) mass is 531 g/mol. The van der Waals surface area contributed by atoms with E-state index in [0.717, 1.165) is 16.1 Å². The first-order valence-corrected chi connectivity index (χ1v) is 13.5. The molecular weight excluding hydrogens is 495 g/mol. The Bertz CT molecular complexity index is 1170. The van der Waals surface area contributed by atoms with Gasteiger partial charge in [0, 0.05) is 13.0 Å². The van der Waals surface area contributed by atoms with Crippen molar-refractivity contribution in [2.75, 3.05) is 6.54 Å². The second-order valence-corrected chi connectivity index (χ2v) is 12.2. The van der Waals surface area contributed by atoms with Gasteiger partial charge in [0.1, 0.15) is 19.1 Å². The summed E-state index contributed by atoms with van der Waals surface area (Å²) >= 11 is 1.64. The molecule has 2 aliphatic rings. The Hall–Kier alpha value is -2.85. The molecule has 2 heterocycles. The van der Waals surface area contributed by atoms with E-state index in [1.165, 1.54) is 4.90 Å². The Labute approximate surface area is 220 Å². The molecule has 1 saturated carbocycles. The zero-order valence-corrected chi connectivity index (χ0v) is 22.8. The predicted octanol–water partition coefficient (Wildman–Crippen LogP) is 2.41. The summed E-state index contributed by atoms with van der Waals surface area (Å²) in [4.78, 5) is 40.6. The average Bonchev–Trinajstić information content (AvgIpc) is 3.25. The number of amides is 3. The minimum Gasteiger partial charge on any atom is -0.391 e. The largest absolute Gasteiger partial charge is 0.391 e. The van der Waals surface area contributed by atoms with Crippen LogP contribution < -0.4 is 15.2 Å². The van der Waals surface area contributed by atoms with E-state index in [1.807, 2.05) is 54.4 Å². The lowest BCUT2D eigenvalue weighted by Crippen LogP contribution is -2.59. The number of aryl methyl sites for hydroxylation is 1. The van der Waals surface area contributed by atoms with Crippen molar-refractivity contribution in [3.05, 3.63) is 41.4 Å². The molecule has 8 nitrogen and oxygen atoms in total. The van der Waals surface area contributed by atoms with Crippen molar-refractivity contribution in [1.29, 1.82) is 0 Å². The summed E-state index contributed by atoms with van der Waals surface area (Å²) in [5, 5.41) is 19.0. The smallest absolute Gasteiger partial charge is 0.268 e. The van der Waals surface area contributed by atoms with Crippen LogP contribution in [0.25, 0.3) is 10.6 Å². The van der Waals surface area contributed by atoms with Crippen LogP contribution in [-0.4, -0.2) is 58.1 Å². The number of alkyl halides is 1. The Morgan fingerprint density at radius 3 is 2.38 bits per heavy atom. The number of likely N-dealkylation sites (tertiary alicyclic amines) is 1. The fraction of sp³-hybridized carbons (Fsp3) is 0.556. The van der Waals surface area contributed by atoms with Crippen LogP contribution in [0.5, 0.6) is 0 Å². The summed E-state index contributed by atoms with van der Waals surface area (Å²) in [6, 6.07) is 5.69. The van der Waals surface area contributed by atoms with Crippen LogP contribution in [0.15, 0.2) is 35.8 Å². The molecule has 1 saturated heterocycles. The number of nitrogens with zero attached hydrogens (tertiary/aromatic N) is 2. The van der Waals surface area contributed by atoms with Crippen molar-refractivity contribution in [3.63, 3.8) is 0 Å². The second-order valence-electron chi connectivity index (χ2n) is 11.3. The number of benzene rings is 1. The molecule has 200 valence electrons. The number of aromatic nitrogens is 1. The first kappa shape index (κ1) is 27.2. The maximum atomic E-state index is 14.3. The number of β-amino-alcohol motifs (C(OH)–C–C–N with tert-alkyl or cyclic N) is 1. The number of thiazole rings is 1. The van der Waals surface area contributed by atoms with E-state index >= 15 is 0 Å². The van der Waals surface area contributed by atoms with Gasteiger partial charge in [0.2, 0.25) is 11.8 Å². The molecule has 4 rings (SSSR count). The lowest BCUT2D eigenvalue weighted by Gasteiger charge is -2.35. The predicted molar refractivity (Wildman–Crippen MR) is 138 cm³/mol. The Kier molecular flexibility index (Phi) is 7.45. The number of hydrogen-bond donors (Lipinski definition) is 3. The van der Waals surface area contributed by atoms with E-state index in [9.17, 15) is 23.9 Å². The highest BCUT2D eigenvalue weighted by atomic mass is 32.1. The highest BCUT2D eigenvalue weighted by Crippen LogP contribution is 2.40. The molecule has 2 aromatic rings. The fourth-order valence-electron chi connectivity index (χ4n) is 4.63. The van der Waals surface area contributed by atoms with E-state index in [0.29, 0.717) is 0 Å². The fourth-order valence-corrected chi connectivity index (χ4v) is 5.51. The molecule has 4 atom stereocenters.